The van der Waals surface area contributed by atoms with Gasteiger partial charge in [-0.25, -0.2) is 4.98 Å². The molecule has 98 valence electrons. The predicted octanol–water partition coefficient (Wildman–Crippen LogP) is 0.626. The van der Waals surface area contributed by atoms with Gasteiger partial charge in [0.15, 0.2) is 5.15 Å². The molecule has 0 saturated heterocycles. The summed E-state index contributed by atoms with van der Waals surface area (Å²) in [6, 6.07) is 6.67. The van der Waals surface area contributed by atoms with Crippen molar-refractivity contribution in [3.63, 3.8) is 0 Å². The number of carbonyl (C=O) groups is 1. The van der Waals surface area contributed by atoms with Crippen LogP contribution in [0.15, 0.2) is 35.4 Å². The van der Waals surface area contributed by atoms with Crippen LogP contribution in [0.25, 0.3) is 0 Å². The average molecular weight is 279 g/mol. The second-order valence-corrected chi connectivity index (χ2v) is 4.30. The van der Waals surface area contributed by atoms with E-state index in [1.807, 2.05) is 0 Å². The van der Waals surface area contributed by atoms with Crippen LogP contribution in [0.3, 0.4) is 0 Å². The molecule has 0 radical (unpaired) electrons. The average Bonchev–Trinajstić information content (AvgIpc) is 2.40. The van der Waals surface area contributed by atoms with Gasteiger partial charge >= 0.3 is 0 Å². The summed E-state index contributed by atoms with van der Waals surface area (Å²) in [4.78, 5) is 26.7. The molecule has 1 amide bonds. The van der Waals surface area contributed by atoms with Crippen molar-refractivity contribution in [2.75, 3.05) is 5.73 Å². The number of nitrogen functional groups attached to an aromatic ring is 1. The van der Waals surface area contributed by atoms with Crippen LogP contribution >= 0.6 is 11.6 Å². The van der Waals surface area contributed by atoms with Crippen molar-refractivity contribution in [3.05, 3.63) is 57.2 Å². The lowest BCUT2D eigenvalue weighted by Gasteiger charge is -2.07. The van der Waals surface area contributed by atoms with Gasteiger partial charge in [0, 0.05) is 5.56 Å². The Morgan fingerprint density at radius 2 is 2.16 bits per heavy atom. The third kappa shape index (κ3) is 2.74. The summed E-state index contributed by atoms with van der Waals surface area (Å²) < 4.78 is 1.31. The number of nitrogens with two attached hydrogens (primary N) is 2. The van der Waals surface area contributed by atoms with Crippen LogP contribution in [0.2, 0.25) is 5.15 Å². The maximum atomic E-state index is 11.8. The van der Waals surface area contributed by atoms with E-state index in [0.29, 0.717) is 5.56 Å². The molecule has 4 N–H and O–H groups in total. The van der Waals surface area contributed by atoms with Crippen molar-refractivity contribution in [3.8, 4) is 0 Å². The summed E-state index contributed by atoms with van der Waals surface area (Å²) in [5, 5.41) is -0.0212. The zero-order valence-electron chi connectivity index (χ0n) is 9.84. The standard InChI is InChI=1S/C12H11ClN4O2/c13-10-9(14)12(19)17(6-16-10)5-7-2-1-3-8(4-7)11(15)18/h1-4,6H,5,14H2,(H2,15,18). The van der Waals surface area contributed by atoms with Gasteiger partial charge in [-0.1, -0.05) is 23.7 Å². The number of hydrogen-bond acceptors (Lipinski definition) is 4. The zero-order valence-corrected chi connectivity index (χ0v) is 10.6. The quantitative estimate of drug-likeness (QED) is 0.803. The Hall–Kier alpha value is -2.34. The second kappa shape index (κ2) is 5.11. The lowest BCUT2D eigenvalue weighted by Crippen LogP contribution is -2.24. The Labute approximate surface area is 113 Å². The molecule has 0 saturated carbocycles. The first-order valence-electron chi connectivity index (χ1n) is 5.38. The molecule has 0 aliphatic heterocycles. The van der Waals surface area contributed by atoms with E-state index in [9.17, 15) is 9.59 Å². The number of nitrogens with zero attached hydrogens (tertiary/aromatic N) is 2. The minimum Gasteiger partial charge on any atom is -0.392 e. The number of amides is 1. The maximum Gasteiger partial charge on any atom is 0.278 e. The Balaban J connectivity index is 2.37. The maximum absolute atomic E-state index is 11.8. The normalized spacial score (nSPS) is 10.4. The molecule has 0 fully saturated rings. The SMILES string of the molecule is NC(=O)c1cccc(Cn2cnc(Cl)c(N)c2=O)c1. The summed E-state index contributed by atoms with van der Waals surface area (Å²) in [5.41, 5.74) is 11.3. The molecule has 2 aromatic rings. The van der Waals surface area contributed by atoms with Crippen molar-refractivity contribution in [1.29, 1.82) is 0 Å². The van der Waals surface area contributed by atoms with Gasteiger partial charge in [-0.05, 0) is 17.7 Å². The van der Waals surface area contributed by atoms with E-state index in [1.165, 1.54) is 10.9 Å². The largest absolute Gasteiger partial charge is 0.392 e. The van der Waals surface area contributed by atoms with E-state index in [1.54, 1.807) is 24.3 Å². The molecule has 0 bridgehead atoms. The Morgan fingerprint density at radius 1 is 1.42 bits per heavy atom. The molecule has 7 heteroatoms. The molecule has 0 spiro atoms. The summed E-state index contributed by atoms with van der Waals surface area (Å²) in [6.45, 7) is 0.230. The fourth-order valence-electron chi connectivity index (χ4n) is 1.62. The van der Waals surface area contributed by atoms with Gasteiger partial charge in [-0.3, -0.25) is 14.2 Å². The fourth-order valence-corrected chi connectivity index (χ4v) is 1.74. The summed E-state index contributed by atoms with van der Waals surface area (Å²) in [5.74, 6) is -0.525. The van der Waals surface area contributed by atoms with Crippen LogP contribution in [0.5, 0.6) is 0 Å². The summed E-state index contributed by atoms with van der Waals surface area (Å²) >= 11 is 5.65. The lowest BCUT2D eigenvalue weighted by atomic mass is 10.1. The van der Waals surface area contributed by atoms with Crippen LogP contribution in [0.1, 0.15) is 15.9 Å². The van der Waals surface area contributed by atoms with E-state index >= 15 is 0 Å². The third-order valence-corrected chi connectivity index (χ3v) is 2.89. The van der Waals surface area contributed by atoms with Crippen LogP contribution < -0.4 is 17.0 Å². The van der Waals surface area contributed by atoms with Gasteiger partial charge in [0.05, 0.1) is 12.9 Å². The molecule has 0 aliphatic rings. The highest BCUT2D eigenvalue weighted by atomic mass is 35.5. The van der Waals surface area contributed by atoms with Gasteiger partial charge in [0.25, 0.3) is 5.56 Å². The molecule has 1 aromatic carbocycles. The molecular weight excluding hydrogens is 268 g/mol. The first-order valence-corrected chi connectivity index (χ1v) is 5.76. The van der Waals surface area contributed by atoms with Crippen molar-refractivity contribution in [2.45, 2.75) is 6.54 Å². The van der Waals surface area contributed by atoms with Gasteiger partial charge in [-0.2, -0.15) is 0 Å². The predicted molar refractivity (Wildman–Crippen MR) is 72.0 cm³/mol. The zero-order chi connectivity index (χ0) is 14.0. The van der Waals surface area contributed by atoms with Crippen LogP contribution in [0.4, 0.5) is 5.69 Å². The van der Waals surface area contributed by atoms with Crippen molar-refractivity contribution in [2.24, 2.45) is 5.73 Å². The minimum atomic E-state index is -0.525. The number of primary amides is 1. The number of rotatable bonds is 3. The van der Waals surface area contributed by atoms with E-state index in [4.69, 9.17) is 23.1 Å². The number of hydrogen-bond donors (Lipinski definition) is 2. The molecule has 2 rings (SSSR count). The Kier molecular flexibility index (Phi) is 3.52. The number of aromatic nitrogens is 2. The lowest BCUT2D eigenvalue weighted by molar-refractivity contribution is 0.1000. The molecule has 1 aromatic heterocycles. The Bertz CT molecular complexity index is 696. The monoisotopic (exact) mass is 278 g/mol. The third-order valence-electron chi connectivity index (χ3n) is 2.59. The number of benzene rings is 1. The van der Waals surface area contributed by atoms with Crippen LogP contribution in [-0.4, -0.2) is 15.5 Å². The smallest absolute Gasteiger partial charge is 0.278 e. The highest BCUT2D eigenvalue weighted by Gasteiger charge is 2.07. The van der Waals surface area contributed by atoms with E-state index in [0.717, 1.165) is 5.56 Å². The molecule has 19 heavy (non-hydrogen) atoms. The van der Waals surface area contributed by atoms with Crippen molar-refractivity contribution in [1.82, 2.24) is 9.55 Å². The van der Waals surface area contributed by atoms with E-state index in [2.05, 4.69) is 4.98 Å². The van der Waals surface area contributed by atoms with Gasteiger partial charge < -0.3 is 11.5 Å². The molecule has 0 unspecified atom stereocenters. The topological polar surface area (TPSA) is 104 Å². The first kappa shape index (κ1) is 13.1. The van der Waals surface area contributed by atoms with Crippen LogP contribution in [-0.2, 0) is 6.54 Å². The van der Waals surface area contributed by atoms with E-state index in [-0.39, 0.29) is 17.4 Å². The minimum absolute atomic E-state index is 0.0212. The summed E-state index contributed by atoms with van der Waals surface area (Å²) in [6.07, 6.45) is 1.30. The highest BCUT2D eigenvalue weighted by molar-refractivity contribution is 6.31. The number of anilines is 1. The Morgan fingerprint density at radius 3 is 2.84 bits per heavy atom. The van der Waals surface area contributed by atoms with Gasteiger partial charge in [0.2, 0.25) is 5.91 Å². The van der Waals surface area contributed by atoms with Crippen molar-refractivity contribution >= 4 is 23.2 Å². The van der Waals surface area contributed by atoms with Gasteiger partial charge in [-0.15, -0.1) is 0 Å². The van der Waals surface area contributed by atoms with Crippen LogP contribution in [0, 0.1) is 0 Å². The molecule has 0 aliphatic carbocycles. The van der Waals surface area contributed by atoms with E-state index < -0.39 is 11.5 Å². The molecular formula is C12H11ClN4O2. The number of halogens is 1. The first-order chi connectivity index (χ1) is 8.99. The second-order valence-electron chi connectivity index (χ2n) is 3.95. The van der Waals surface area contributed by atoms with Crippen molar-refractivity contribution < 1.29 is 4.79 Å². The molecule has 0 atom stereocenters. The number of carbonyl (C=O) groups excluding carboxylic acids is 1. The fraction of sp³-hybridized carbons (Fsp3) is 0.0833. The summed E-state index contributed by atoms with van der Waals surface area (Å²) in [7, 11) is 0. The molecule has 6 nitrogen and oxygen atoms in total. The van der Waals surface area contributed by atoms with Gasteiger partial charge in [0.1, 0.15) is 5.69 Å². The highest BCUT2D eigenvalue weighted by Crippen LogP contribution is 2.10. The molecule has 1 heterocycles.